The first-order valence-electron chi connectivity index (χ1n) is 21.0. The van der Waals surface area contributed by atoms with Gasteiger partial charge in [0, 0.05) is 51.2 Å². The number of carboxylic acids is 1. The number of methoxy groups -OCH3 is 1. The van der Waals surface area contributed by atoms with Gasteiger partial charge >= 0.3 is 12.1 Å². The van der Waals surface area contributed by atoms with Crippen LogP contribution in [0, 0.1) is 23.2 Å². The second-order valence-corrected chi connectivity index (χ2v) is 18.1. The van der Waals surface area contributed by atoms with Crippen LogP contribution in [-0.4, -0.2) is 140 Å². The fourth-order valence-electron chi connectivity index (χ4n) is 8.92. The number of likely N-dealkylation sites (tertiary alicyclic amines) is 1. The molecule has 5 fully saturated rings. The third-order valence-corrected chi connectivity index (χ3v) is 12.9. The Morgan fingerprint density at radius 3 is 2.46 bits per heavy atom. The number of nitrogens with one attached hydrogen (secondary N) is 3. The summed E-state index contributed by atoms with van der Waals surface area (Å²) >= 11 is 6.99. The minimum Gasteiger partial charge on any atom is -0.491 e. The van der Waals surface area contributed by atoms with Gasteiger partial charge < -0.3 is 49.6 Å². The third-order valence-electron chi connectivity index (χ3n) is 12.5. The van der Waals surface area contributed by atoms with E-state index in [2.05, 4.69) is 20.9 Å². The van der Waals surface area contributed by atoms with Crippen LogP contribution in [0.3, 0.4) is 0 Å². The fraction of sp³-hybridized carbons (Fsp3) is 0.690. The summed E-state index contributed by atoms with van der Waals surface area (Å²) < 4.78 is 29.3. The molecule has 5 aliphatic rings. The molecule has 59 heavy (non-hydrogen) atoms. The van der Waals surface area contributed by atoms with Crippen molar-refractivity contribution in [2.45, 2.75) is 96.1 Å². The summed E-state index contributed by atoms with van der Waals surface area (Å²) in [6.45, 7) is 12.4. The molecule has 8 atom stereocenters. The molecule has 3 aliphatic carbocycles. The number of nitrogens with zero attached hydrogens (tertiary/aromatic N) is 3. The van der Waals surface area contributed by atoms with Gasteiger partial charge in [-0.15, -0.1) is 0 Å². The van der Waals surface area contributed by atoms with Crippen molar-refractivity contribution in [2.24, 2.45) is 23.2 Å². The van der Waals surface area contributed by atoms with E-state index in [1.54, 1.807) is 19.2 Å². The summed E-state index contributed by atoms with van der Waals surface area (Å²) in [5.41, 5.74) is -1.75. The van der Waals surface area contributed by atoms with E-state index in [0.29, 0.717) is 97.4 Å². The quantitative estimate of drug-likeness (QED) is 0.165. The number of alkyl carbamates (subject to hydrolysis) is 1. The van der Waals surface area contributed by atoms with Gasteiger partial charge in [-0.2, -0.15) is 0 Å². The van der Waals surface area contributed by atoms with Crippen LogP contribution in [0.5, 0.6) is 11.5 Å². The lowest BCUT2D eigenvalue weighted by atomic mass is 9.85. The Labute approximate surface area is 350 Å². The Morgan fingerprint density at radius 1 is 1.05 bits per heavy atom. The number of benzene rings is 1. The lowest BCUT2D eigenvalue weighted by Gasteiger charge is -2.35. The first-order valence-corrected chi connectivity index (χ1v) is 21.4. The Bertz CT molecular complexity index is 1880. The number of carbonyl (C=O) groups excluding carboxylic acids is 3. The van der Waals surface area contributed by atoms with E-state index in [4.69, 9.17) is 40.3 Å². The number of pyridine rings is 1. The summed E-state index contributed by atoms with van der Waals surface area (Å²) in [5, 5.41) is 20.0. The summed E-state index contributed by atoms with van der Waals surface area (Å²) in [4.78, 5) is 63.1. The number of aromatic nitrogens is 1. The van der Waals surface area contributed by atoms with Gasteiger partial charge in [-0.25, -0.2) is 14.6 Å². The number of morpholine rings is 1. The predicted octanol–water partition coefficient (Wildman–Crippen LogP) is 4.31. The van der Waals surface area contributed by atoms with E-state index in [0.717, 1.165) is 25.9 Å². The van der Waals surface area contributed by atoms with Crippen LogP contribution >= 0.6 is 11.6 Å². The van der Waals surface area contributed by atoms with Gasteiger partial charge in [0.15, 0.2) is 0 Å². The first kappa shape index (κ1) is 43.0. The largest absolute Gasteiger partial charge is 0.491 e. The first-order chi connectivity index (χ1) is 28.2. The highest BCUT2D eigenvalue weighted by Gasteiger charge is 2.61. The van der Waals surface area contributed by atoms with Crippen molar-refractivity contribution in [1.82, 2.24) is 25.4 Å². The normalized spacial score (nSPS) is 28.1. The van der Waals surface area contributed by atoms with E-state index in [-0.39, 0.29) is 25.0 Å². The van der Waals surface area contributed by atoms with Gasteiger partial charge in [0.05, 0.1) is 31.9 Å². The van der Waals surface area contributed by atoms with Crippen LogP contribution in [0.15, 0.2) is 18.2 Å². The number of hydrogen-bond acceptors (Lipinski definition) is 12. The number of carboxylic acid groups (broad SMARTS) is 1. The average molecular weight is 843 g/mol. The number of fused-ring (bicyclic) bond motifs is 2. The average Bonchev–Trinajstić information content (AvgIpc) is 4.01. The predicted molar refractivity (Wildman–Crippen MR) is 219 cm³/mol. The van der Waals surface area contributed by atoms with Crippen molar-refractivity contribution in [3.05, 3.63) is 23.2 Å². The topological polar surface area (TPSA) is 190 Å². The molecule has 3 amide bonds. The molecule has 17 heteroatoms. The number of carbonyl (C=O) groups is 4. The van der Waals surface area contributed by atoms with Crippen molar-refractivity contribution < 1.29 is 48.0 Å². The molecule has 7 rings (SSSR count). The van der Waals surface area contributed by atoms with Gasteiger partial charge in [0.1, 0.15) is 58.8 Å². The number of ether oxygens (including phenoxy) is 5. The van der Waals surface area contributed by atoms with Crippen molar-refractivity contribution in [3.8, 4) is 11.5 Å². The standard InChI is InChI=1S/C42H59ClN6O10/c1-6-26-22-42(26,39(52)53)47-37(50)30-20-28(23-49(30)38(51)36(41(2,3)4)46-40(54)59-27-18-24-17-25(24)19-27)58-32-21-33(44-9-13-55-5)45-35-29(32)7-8-31(34(35)43)57-16-12-48-10-14-56-15-11-48/h7-8,21,24-28,30,36H,6,9-20,22-23H2,1-5H3,(H,44,45)(H,46,54)(H,47,50)(H,52,53)/t24-,25+,26-,27+,28-,30+,36-,42-/m1/s1. The number of amides is 3. The number of rotatable bonds is 17. The van der Waals surface area contributed by atoms with E-state index < -0.39 is 53.0 Å². The number of anilines is 1. The third kappa shape index (κ3) is 9.76. The molecular formula is C42H59ClN6O10. The maximum absolute atomic E-state index is 14.7. The van der Waals surface area contributed by atoms with Crippen LogP contribution in [0.25, 0.3) is 10.9 Å². The smallest absolute Gasteiger partial charge is 0.408 e. The van der Waals surface area contributed by atoms with E-state index >= 15 is 0 Å². The van der Waals surface area contributed by atoms with Gasteiger partial charge in [-0.1, -0.05) is 45.7 Å². The molecular weight excluding hydrogens is 784 g/mol. The zero-order valence-electron chi connectivity index (χ0n) is 34.7. The SMILES string of the molecule is CC[C@@H]1C[C@]1(NC(=O)[C@@H]1C[C@@H](Oc2cc(NCCOC)nc3c(Cl)c(OCCN4CCOCC4)ccc23)CN1C(=O)[C@@H](NC(=O)O[C@@H]1C[C@@H]2C[C@@H]2C1)C(C)(C)C)C(=O)O. The highest BCUT2D eigenvalue weighted by Crippen LogP contribution is 2.52. The fourth-order valence-corrected chi connectivity index (χ4v) is 9.18. The number of aliphatic carboxylic acids is 1. The monoisotopic (exact) mass is 842 g/mol. The summed E-state index contributed by atoms with van der Waals surface area (Å²) in [5.74, 6) is 0.131. The number of hydrogen-bond donors (Lipinski definition) is 4. The molecule has 0 radical (unpaired) electrons. The maximum Gasteiger partial charge on any atom is 0.408 e. The summed E-state index contributed by atoms with van der Waals surface area (Å²) in [6.07, 6.45) is 2.18. The molecule has 16 nitrogen and oxygen atoms in total. The molecule has 0 unspecified atom stereocenters. The van der Waals surface area contributed by atoms with Crippen LogP contribution in [0.2, 0.25) is 5.02 Å². The lowest BCUT2D eigenvalue weighted by molar-refractivity contribution is -0.146. The molecule has 2 saturated heterocycles. The zero-order chi connectivity index (χ0) is 42.1. The molecule has 2 aliphatic heterocycles. The molecule has 2 aromatic rings. The van der Waals surface area contributed by atoms with Crippen molar-refractivity contribution >= 4 is 52.2 Å². The summed E-state index contributed by atoms with van der Waals surface area (Å²) in [7, 11) is 1.60. The van der Waals surface area contributed by atoms with Crippen LogP contribution < -0.4 is 25.4 Å². The molecule has 0 spiro atoms. The lowest BCUT2D eigenvalue weighted by Crippen LogP contribution is -2.59. The second kappa shape index (κ2) is 17.8. The second-order valence-electron chi connectivity index (χ2n) is 17.8. The number of halogens is 1. The van der Waals surface area contributed by atoms with Crippen LogP contribution in [-0.2, 0) is 28.6 Å². The van der Waals surface area contributed by atoms with Gasteiger partial charge in [0.25, 0.3) is 0 Å². The summed E-state index contributed by atoms with van der Waals surface area (Å²) in [6, 6.07) is 3.19. The Hall–Kier alpha value is -4.12. The van der Waals surface area contributed by atoms with Gasteiger partial charge in [-0.3, -0.25) is 14.5 Å². The molecule has 1 aromatic heterocycles. The van der Waals surface area contributed by atoms with Crippen LogP contribution in [0.1, 0.15) is 66.2 Å². The zero-order valence-corrected chi connectivity index (χ0v) is 35.5. The highest BCUT2D eigenvalue weighted by atomic mass is 35.5. The molecule has 324 valence electrons. The minimum absolute atomic E-state index is 0.0176. The van der Waals surface area contributed by atoms with E-state index in [9.17, 15) is 24.3 Å². The molecule has 1 aromatic carbocycles. The van der Waals surface area contributed by atoms with Crippen molar-refractivity contribution in [1.29, 1.82) is 0 Å². The van der Waals surface area contributed by atoms with Gasteiger partial charge in [-0.05, 0) is 61.0 Å². The Kier molecular flexibility index (Phi) is 13.0. The Morgan fingerprint density at radius 2 is 1.80 bits per heavy atom. The maximum atomic E-state index is 14.7. The van der Waals surface area contributed by atoms with E-state index in [1.165, 1.54) is 11.3 Å². The van der Waals surface area contributed by atoms with Crippen LogP contribution in [0.4, 0.5) is 10.6 Å². The highest BCUT2D eigenvalue weighted by molar-refractivity contribution is 6.36. The van der Waals surface area contributed by atoms with Crippen molar-refractivity contribution in [2.75, 3.05) is 71.6 Å². The Balaban J connectivity index is 1.14. The molecule has 4 N–H and O–H groups in total. The minimum atomic E-state index is -1.41. The molecule has 0 bridgehead atoms. The molecule has 3 heterocycles. The van der Waals surface area contributed by atoms with Gasteiger partial charge in [0.2, 0.25) is 11.8 Å². The molecule has 3 saturated carbocycles. The van der Waals surface area contributed by atoms with Crippen molar-refractivity contribution in [3.63, 3.8) is 0 Å². The van der Waals surface area contributed by atoms with E-state index in [1.807, 2.05) is 33.8 Å².